The van der Waals surface area contributed by atoms with Gasteiger partial charge >= 0.3 is 0 Å². The van der Waals surface area contributed by atoms with Gasteiger partial charge in [0.25, 0.3) is 0 Å². The van der Waals surface area contributed by atoms with E-state index in [0.717, 1.165) is 50.8 Å². The standard InChI is InChI=1S/C19H30N2O2/c1-23-17-11-9-16(10-12-17)19(13-5-6-14-19)21-18(22)8-4-2-3-7-15-20/h9-12H,2-8,13-15,20H2,1H3,(H,21,22). The van der Waals surface area contributed by atoms with E-state index in [1.807, 2.05) is 12.1 Å². The molecule has 0 radical (unpaired) electrons. The largest absolute Gasteiger partial charge is 0.497 e. The molecule has 0 atom stereocenters. The van der Waals surface area contributed by atoms with Crippen molar-refractivity contribution in [3.63, 3.8) is 0 Å². The van der Waals surface area contributed by atoms with Crippen LogP contribution >= 0.6 is 0 Å². The van der Waals surface area contributed by atoms with Crippen LogP contribution in [0.25, 0.3) is 0 Å². The van der Waals surface area contributed by atoms with Crippen LogP contribution in [0.2, 0.25) is 0 Å². The second kappa shape index (κ2) is 8.92. The molecular formula is C19H30N2O2. The van der Waals surface area contributed by atoms with Gasteiger partial charge in [0.2, 0.25) is 5.91 Å². The predicted molar refractivity (Wildman–Crippen MR) is 93.4 cm³/mol. The molecule has 0 aliphatic heterocycles. The van der Waals surface area contributed by atoms with Crippen molar-refractivity contribution in [2.45, 2.75) is 63.3 Å². The van der Waals surface area contributed by atoms with Crippen LogP contribution in [0, 0.1) is 0 Å². The van der Waals surface area contributed by atoms with E-state index in [0.29, 0.717) is 6.42 Å². The van der Waals surface area contributed by atoms with Crippen LogP contribution in [0.15, 0.2) is 24.3 Å². The first-order valence-corrected chi connectivity index (χ1v) is 8.86. The predicted octanol–water partition coefficient (Wildman–Crippen LogP) is 3.49. The maximum Gasteiger partial charge on any atom is 0.220 e. The first-order valence-electron chi connectivity index (χ1n) is 8.86. The number of rotatable bonds is 9. The summed E-state index contributed by atoms with van der Waals surface area (Å²) < 4.78 is 5.23. The summed E-state index contributed by atoms with van der Waals surface area (Å²) in [5.41, 5.74) is 6.51. The number of hydrogen-bond donors (Lipinski definition) is 2. The minimum atomic E-state index is -0.180. The average molecular weight is 318 g/mol. The van der Waals surface area contributed by atoms with Crippen molar-refractivity contribution < 1.29 is 9.53 Å². The molecule has 0 aromatic heterocycles. The smallest absolute Gasteiger partial charge is 0.220 e. The lowest BCUT2D eigenvalue weighted by molar-refractivity contribution is -0.123. The highest BCUT2D eigenvalue weighted by Gasteiger charge is 2.36. The van der Waals surface area contributed by atoms with E-state index in [1.54, 1.807) is 7.11 Å². The van der Waals surface area contributed by atoms with Gasteiger partial charge in [-0.25, -0.2) is 0 Å². The molecular weight excluding hydrogens is 288 g/mol. The minimum Gasteiger partial charge on any atom is -0.497 e. The molecule has 0 heterocycles. The van der Waals surface area contributed by atoms with Crippen LogP contribution < -0.4 is 15.8 Å². The normalized spacial score (nSPS) is 16.3. The van der Waals surface area contributed by atoms with Crippen molar-refractivity contribution in [3.8, 4) is 5.75 Å². The lowest BCUT2D eigenvalue weighted by atomic mass is 9.87. The van der Waals surface area contributed by atoms with Gasteiger partial charge < -0.3 is 15.8 Å². The number of carbonyl (C=O) groups is 1. The summed E-state index contributed by atoms with van der Waals surface area (Å²) >= 11 is 0. The molecule has 4 nitrogen and oxygen atoms in total. The average Bonchev–Trinajstić information content (AvgIpc) is 3.04. The molecule has 0 unspecified atom stereocenters. The monoisotopic (exact) mass is 318 g/mol. The van der Waals surface area contributed by atoms with Gasteiger partial charge in [-0.05, 0) is 49.9 Å². The van der Waals surface area contributed by atoms with Crippen molar-refractivity contribution in [2.24, 2.45) is 5.73 Å². The zero-order valence-electron chi connectivity index (χ0n) is 14.3. The van der Waals surface area contributed by atoms with Crippen LogP contribution in [0.1, 0.15) is 63.4 Å². The number of methoxy groups -OCH3 is 1. The summed E-state index contributed by atoms with van der Waals surface area (Å²) in [6.45, 7) is 0.743. The highest BCUT2D eigenvalue weighted by molar-refractivity contribution is 5.77. The molecule has 128 valence electrons. The Morgan fingerprint density at radius 1 is 1.13 bits per heavy atom. The lowest BCUT2D eigenvalue weighted by Gasteiger charge is -2.31. The van der Waals surface area contributed by atoms with Crippen molar-refractivity contribution >= 4 is 5.91 Å². The molecule has 1 fully saturated rings. The third-order valence-corrected chi connectivity index (χ3v) is 4.84. The second-order valence-corrected chi connectivity index (χ2v) is 6.52. The van der Waals surface area contributed by atoms with Crippen LogP contribution in [0.5, 0.6) is 5.75 Å². The fourth-order valence-corrected chi connectivity index (χ4v) is 3.49. The molecule has 4 heteroatoms. The Kier molecular flexibility index (Phi) is 6.90. The van der Waals surface area contributed by atoms with Gasteiger partial charge in [0.15, 0.2) is 0 Å². The summed E-state index contributed by atoms with van der Waals surface area (Å²) in [7, 11) is 1.67. The number of amides is 1. The molecule has 23 heavy (non-hydrogen) atoms. The van der Waals surface area contributed by atoms with Gasteiger partial charge in [-0.15, -0.1) is 0 Å². The summed E-state index contributed by atoms with van der Waals surface area (Å²) in [5, 5.41) is 3.33. The molecule has 0 bridgehead atoms. The fourth-order valence-electron chi connectivity index (χ4n) is 3.49. The number of benzene rings is 1. The first kappa shape index (κ1) is 17.8. The van der Waals surface area contributed by atoms with E-state index >= 15 is 0 Å². The van der Waals surface area contributed by atoms with Crippen LogP contribution in [0.4, 0.5) is 0 Å². The van der Waals surface area contributed by atoms with Crippen LogP contribution in [0.3, 0.4) is 0 Å². The zero-order valence-corrected chi connectivity index (χ0v) is 14.3. The van der Waals surface area contributed by atoms with Crippen LogP contribution in [-0.2, 0) is 10.3 Å². The maximum absolute atomic E-state index is 12.4. The molecule has 0 spiro atoms. The quantitative estimate of drug-likeness (QED) is 0.685. The Morgan fingerprint density at radius 2 is 1.78 bits per heavy atom. The minimum absolute atomic E-state index is 0.176. The van der Waals surface area contributed by atoms with E-state index in [-0.39, 0.29) is 11.4 Å². The Bertz CT molecular complexity index is 479. The molecule has 1 saturated carbocycles. The topological polar surface area (TPSA) is 64.3 Å². The molecule has 2 rings (SSSR count). The van der Waals surface area contributed by atoms with E-state index in [9.17, 15) is 4.79 Å². The van der Waals surface area contributed by atoms with Crippen molar-refractivity contribution in [1.29, 1.82) is 0 Å². The summed E-state index contributed by atoms with van der Waals surface area (Å²) in [6, 6.07) is 8.14. The molecule has 0 saturated heterocycles. The molecule has 3 N–H and O–H groups in total. The Labute approximate surface area is 139 Å². The van der Waals surface area contributed by atoms with Gasteiger partial charge in [0.1, 0.15) is 5.75 Å². The number of nitrogens with one attached hydrogen (secondary N) is 1. The van der Waals surface area contributed by atoms with Gasteiger partial charge in [-0.1, -0.05) is 37.8 Å². The molecule has 1 aliphatic carbocycles. The molecule has 1 amide bonds. The van der Waals surface area contributed by atoms with Crippen molar-refractivity contribution in [2.75, 3.05) is 13.7 Å². The Hall–Kier alpha value is -1.55. The highest BCUT2D eigenvalue weighted by Crippen LogP contribution is 2.39. The number of nitrogens with two attached hydrogens (primary N) is 1. The number of hydrogen-bond acceptors (Lipinski definition) is 3. The van der Waals surface area contributed by atoms with Crippen molar-refractivity contribution in [3.05, 3.63) is 29.8 Å². The molecule has 1 aliphatic rings. The van der Waals surface area contributed by atoms with Crippen LogP contribution in [-0.4, -0.2) is 19.6 Å². The maximum atomic E-state index is 12.4. The number of carbonyl (C=O) groups excluding carboxylic acids is 1. The van der Waals surface area contributed by atoms with Crippen molar-refractivity contribution in [1.82, 2.24) is 5.32 Å². The summed E-state index contributed by atoms with van der Waals surface area (Å²) in [6.07, 6.45) is 9.21. The van der Waals surface area contributed by atoms with Gasteiger partial charge in [-0.3, -0.25) is 4.79 Å². The Balaban J connectivity index is 1.93. The van der Waals surface area contributed by atoms with Gasteiger partial charge in [-0.2, -0.15) is 0 Å². The summed E-state index contributed by atoms with van der Waals surface area (Å²) in [5.74, 6) is 1.03. The first-order chi connectivity index (χ1) is 11.2. The highest BCUT2D eigenvalue weighted by atomic mass is 16.5. The molecule has 1 aromatic carbocycles. The number of ether oxygens (including phenoxy) is 1. The molecule has 1 aromatic rings. The van der Waals surface area contributed by atoms with E-state index < -0.39 is 0 Å². The van der Waals surface area contributed by atoms with Gasteiger partial charge in [0, 0.05) is 6.42 Å². The second-order valence-electron chi connectivity index (χ2n) is 6.52. The van der Waals surface area contributed by atoms with E-state index in [4.69, 9.17) is 10.5 Å². The fraction of sp³-hybridized carbons (Fsp3) is 0.632. The van der Waals surface area contributed by atoms with E-state index in [2.05, 4.69) is 17.4 Å². The van der Waals surface area contributed by atoms with E-state index in [1.165, 1.54) is 18.4 Å². The Morgan fingerprint density at radius 3 is 2.39 bits per heavy atom. The zero-order chi connectivity index (χ0) is 16.5. The lowest BCUT2D eigenvalue weighted by Crippen LogP contribution is -2.43. The third-order valence-electron chi connectivity index (χ3n) is 4.84. The number of unbranched alkanes of at least 4 members (excludes halogenated alkanes) is 3. The van der Waals surface area contributed by atoms with Gasteiger partial charge in [0.05, 0.1) is 12.6 Å². The third kappa shape index (κ3) is 4.96. The summed E-state index contributed by atoms with van der Waals surface area (Å²) in [4.78, 5) is 12.4. The SMILES string of the molecule is COc1ccc(C2(NC(=O)CCCCCCN)CCCC2)cc1.